The van der Waals surface area contributed by atoms with Crippen molar-refractivity contribution in [3.63, 3.8) is 0 Å². The Bertz CT molecular complexity index is 849. The van der Waals surface area contributed by atoms with Gasteiger partial charge in [0.25, 0.3) is 0 Å². The van der Waals surface area contributed by atoms with E-state index in [1.54, 1.807) is 23.3 Å². The van der Waals surface area contributed by atoms with Gasteiger partial charge in [0.1, 0.15) is 5.76 Å². The topological polar surface area (TPSA) is 95.9 Å². The molecule has 0 radical (unpaired) electrons. The van der Waals surface area contributed by atoms with Crippen LogP contribution in [0.15, 0.2) is 41.3 Å². The zero-order valence-corrected chi connectivity index (χ0v) is 14.3. The number of ether oxygens (including phenoxy) is 1. The Morgan fingerprint density at radius 3 is 2.84 bits per heavy atom. The van der Waals surface area contributed by atoms with Crippen molar-refractivity contribution in [2.45, 2.75) is 39.3 Å². The Morgan fingerprint density at radius 1 is 1.32 bits per heavy atom. The van der Waals surface area contributed by atoms with E-state index in [9.17, 15) is 4.79 Å². The van der Waals surface area contributed by atoms with Crippen molar-refractivity contribution in [2.24, 2.45) is 0 Å². The van der Waals surface area contributed by atoms with Crippen LogP contribution in [0.1, 0.15) is 48.5 Å². The Balaban J connectivity index is 1.58. The first-order valence-corrected chi connectivity index (χ1v) is 7.83. The van der Waals surface area contributed by atoms with Crippen molar-refractivity contribution in [1.82, 2.24) is 25.0 Å². The van der Waals surface area contributed by atoms with Crippen LogP contribution in [0, 0.1) is 0 Å². The largest absolute Gasteiger partial charge is 0.451 e. The van der Waals surface area contributed by atoms with Gasteiger partial charge in [0.2, 0.25) is 5.89 Å². The van der Waals surface area contributed by atoms with Crippen LogP contribution in [-0.4, -0.2) is 30.9 Å². The number of aromatic nitrogens is 5. The number of carbonyl (C=O) groups excluding carboxylic acids is 1. The molecule has 3 aromatic rings. The highest BCUT2D eigenvalue weighted by Crippen LogP contribution is 2.22. The molecule has 0 unspecified atom stereocenters. The number of esters is 1. The molecular weight excluding hydrogens is 322 g/mol. The van der Waals surface area contributed by atoms with Crippen LogP contribution in [0.3, 0.4) is 0 Å². The van der Waals surface area contributed by atoms with E-state index < -0.39 is 5.97 Å². The minimum absolute atomic E-state index is 0.0512. The Kier molecular flexibility index (Phi) is 4.60. The van der Waals surface area contributed by atoms with Gasteiger partial charge in [0.05, 0.1) is 18.9 Å². The first-order valence-electron chi connectivity index (χ1n) is 7.83. The zero-order chi connectivity index (χ0) is 17.9. The second kappa shape index (κ2) is 6.84. The highest BCUT2D eigenvalue weighted by molar-refractivity contribution is 5.86. The van der Waals surface area contributed by atoms with Crippen molar-refractivity contribution < 1.29 is 13.9 Å². The van der Waals surface area contributed by atoms with Crippen LogP contribution in [0.25, 0.3) is 0 Å². The molecule has 25 heavy (non-hydrogen) atoms. The molecule has 0 N–H and O–H groups in total. The Morgan fingerprint density at radius 2 is 2.16 bits per heavy atom. The van der Waals surface area contributed by atoms with E-state index in [0.717, 1.165) is 11.3 Å². The minimum atomic E-state index is -0.576. The highest BCUT2D eigenvalue weighted by Gasteiger charge is 2.20. The normalized spacial score (nSPS) is 11.5. The Labute approximate surface area is 144 Å². The molecule has 0 bridgehead atoms. The van der Waals surface area contributed by atoms with Crippen molar-refractivity contribution in [1.29, 1.82) is 0 Å². The van der Waals surface area contributed by atoms with Crippen LogP contribution in [0.5, 0.6) is 0 Å². The average molecular weight is 341 g/mol. The SMILES string of the molecule is CC(C)(C)c1cnc(COC(=O)c2cn(Cc3cccnc3)nn2)o1. The number of pyridine rings is 1. The summed E-state index contributed by atoms with van der Waals surface area (Å²) in [7, 11) is 0. The van der Waals surface area contributed by atoms with E-state index in [2.05, 4.69) is 20.3 Å². The Hall–Kier alpha value is -3.03. The lowest BCUT2D eigenvalue weighted by Gasteiger charge is -2.12. The molecule has 0 saturated heterocycles. The summed E-state index contributed by atoms with van der Waals surface area (Å²) in [6, 6.07) is 3.76. The van der Waals surface area contributed by atoms with E-state index in [4.69, 9.17) is 9.15 Å². The third-order valence-corrected chi connectivity index (χ3v) is 3.43. The van der Waals surface area contributed by atoms with Crippen LogP contribution >= 0.6 is 0 Å². The van der Waals surface area contributed by atoms with E-state index in [0.29, 0.717) is 12.4 Å². The summed E-state index contributed by atoms with van der Waals surface area (Å²) in [6.45, 7) is 6.48. The smallest absolute Gasteiger partial charge is 0.361 e. The molecule has 0 saturated carbocycles. The van der Waals surface area contributed by atoms with E-state index in [-0.39, 0.29) is 17.7 Å². The lowest BCUT2D eigenvalue weighted by atomic mass is 9.94. The van der Waals surface area contributed by atoms with Crippen molar-refractivity contribution in [2.75, 3.05) is 0 Å². The van der Waals surface area contributed by atoms with Gasteiger partial charge in [-0.15, -0.1) is 5.10 Å². The molecule has 0 amide bonds. The lowest BCUT2D eigenvalue weighted by Crippen LogP contribution is -2.09. The van der Waals surface area contributed by atoms with Crippen molar-refractivity contribution in [3.8, 4) is 0 Å². The lowest BCUT2D eigenvalue weighted by molar-refractivity contribution is 0.0428. The highest BCUT2D eigenvalue weighted by atomic mass is 16.5. The molecule has 0 aliphatic rings. The summed E-state index contributed by atoms with van der Waals surface area (Å²) < 4.78 is 12.3. The molecule has 8 heteroatoms. The number of hydrogen-bond donors (Lipinski definition) is 0. The summed E-state index contributed by atoms with van der Waals surface area (Å²) >= 11 is 0. The maximum absolute atomic E-state index is 12.1. The predicted octanol–water partition coefficient (Wildman–Crippen LogP) is 2.36. The van der Waals surface area contributed by atoms with Gasteiger partial charge >= 0.3 is 5.97 Å². The second-order valence-corrected chi connectivity index (χ2v) is 6.61. The summed E-state index contributed by atoms with van der Waals surface area (Å²) in [5.41, 5.74) is 0.942. The molecule has 3 heterocycles. The summed E-state index contributed by atoms with van der Waals surface area (Å²) in [5, 5.41) is 7.76. The number of nitrogens with zero attached hydrogens (tertiary/aromatic N) is 5. The number of carbonyl (C=O) groups is 1. The third kappa shape index (κ3) is 4.28. The van der Waals surface area contributed by atoms with Gasteiger partial charge in [-0.3, -0.25) is 4.98 Å². The molecule has 0 spiro atoms. The maximum Gasteiger partial charge on any atom is 0.361 e. The fourth-order valence-electron chi connectivity index (χ4n) is 2.07. The van der Waals surface area contributed by atoms with E-state index in [1.165, 1.54) is 6.20 Å². The minimum Gasteiger partial charge on any atom is -0.451 e. The van der Waals surface area contributed by atoms with E-state index in [1.807, 2.05) is 32.9 Å². The molecule has 0 aliphatic heterocycles. The molecule has 3 aromatic heterocycles. The predicted molar refractivity (Wildman–Crippen MR) is 87.7 cm³/mol. The third-order valence-electron chi connectivity index (χ3n) is 3.43. The van der Waals surface area contributed by atoms with Gasteiger partial charge in [0, 0.05) is 17.8 Å². The van der Waals surface area contributed by atoms with Gasteiger partial charge in [0.15, 0.2) is 12.3 Å². The molecule has 0 atom stereocenters. The van der Waals surface area contributed by atoms with Gasteiger partial charge < -0.3 is 9.15 Å². The molecule has 0 fully saturated rings. The molecule has 3 rings (SSSR count). The summed E-state index contributed by atoms with van der Waals surface area (Å²) in [6.07, 6.45) is 6.61. The van der Waals surface area contributed by atoms with Crippen molar-refractivity contribution >= 4 is 5.97 Å². The van der Waals surface area contributed by atoms with Crippen molar-refractivity contribution in [3.05, 3.63) is 59.8 Å². The summed E-state index contributed by atoms with van der Waals surface area (Å²) in [5.74, 6) is 0.509. The fraction of sp³-hybridized carbons (Fsp3) is 0.353. The first-order chi connectivity index (χ1) is 11.9. The molecule has 8 nitrogen and oxygen atoms in total. The average Bonchev–Trinajstić information content (AvgIpc) is 3.22. The monoisotopic (exact) mass is 341 g/mol. The van der Waals surface area contributed by atoms with Crippen LogP contribution < -0.4 is 0 Å². The number of hydrogen-bond acceptors (Lipinski definition) is 7. The van der Waals surface area contributed by atoms with Crippen LogP contribution in [0.4, 0.5) is 0 Å². The molecule has 130 valence electrons. The standard InChI is InChI=1S/C17H19N5O3/c1-17(2,3)14-8-19-15(25-14)11-24-16(23)13-10-22(21-20-13)9-12-5-4-6-18-7-12/h4-8,10H,9,11H2,1-3H3. The maximum atomic E-state index is 12.1. The fourth-order valence-corrected chi connectivity index (χ4v) is 2.07. The van der Waals surface area contributed by atoms with Crippen LogP contribution in [0.2, 0.25) is 0 Å². The molecular formula is C17H19N5O3. The second-order valence-electron chi connectivity index (χ2n) is 6.61. The van der Waals surface area contributed by atoms with Gasteiger partial charge in [-0.05, 0) is 11.6 Å². The van der Waals surface area contributed by atoms with Gasteiger partial charge in [-0.1, -0.05) is 32.1 Å². The molecule has 0 aromatic carbocycles. The quantitative estimate of drug-likeness (QED) is 0.657. The van der Waals surface area contributed by atoms with Gasteiger partial charge in [-0.25, -0.2) is 14.5 Å². The van der Waals surface area contributed by atoms with Gasteiger partial charge in [-0.2, -0.15) is 0 Å². The first kappa shape index (κ1) is 16.8. The van der Waals surface area contributed by atoms with Crippen LogP contribution in [-0.2, 0) is 23.3 Å². The van der Waals surface area contributed by atoms with E-state index >= 15 is 0 Å². The number of rotatable bonds is 5. The number of oxazole rings is 1. The molecule has 0 aliphatic carbocycles. The summed E-state index contributed by atoms with van der Waals surface area (Å²) in [4.78, 5) is 20.2. The zero-order valence-electron chi connectivity index (χ0n) is 14.3.